The molecule has 0 saturated heterocycles. The van der Waals surface area contributed by atoms with E-state index in [-0.39, 0.29) is 12.5 Å². The van der Waals surface area contributed by atoms with E-state index in [0.717, 1.165) is 6.42 Å². The van der Waals surface area contributed by atoms with E-state index in [4.69, 9.17) is 5.11 Å². The fourth-order valence-electron chi connectivity index (χ4n) is 1.92. The summed E-state index contributed by atoms with van der Waals surface area (Å²) in [5.74, 6) is -2.37. The highest BCUT2D eigenvalue weighted by atomic mass is 16.4. The van der Waals surface area contributed by atoms with Crippen LogP contribution in [-0.4, -0.2) is 46.2 Å². The summed E-state index contributed by atoms with van der Waals surface area (Å²) < 4.78 is 0. The van der Waals surface area contributed by atoms with Crippen LogP contribution in [-0.2, 0) is 9.59 Å². The van der Waals surface area contributed by atoms with Crippen LogP contribution in [0.4, 0.5) is 0 Å². The molecule has 0 heterocycles. The first-order chi connectivity index (χ1) is 7.81. The maximum Gasteiger partial charge on any atom is 0.321 e. The Morgan fingerprint density at radius 3 is 1.94 bits per heavy atom. The van der Waals surface area contributed by atoms with Crippen molar-refractivity contribution in [1.82, 2.24) is 4.90 Å². The predicted molar refractivity (Wildman–Crippen MR) is 64.9 cm³/mol. The minimum atomic E-state index is -0.890. The van der Waals surface area contributed by atoms with E-state index < -0.39 is 23.9 Å². The summed E-state index contributed by atoms with van der Waals surface area (Å²) in [4.78, 5) is 23.8. The van der Waals surface area contributed by atoms with Crippen molar-refractivity contribution in [3.63, 3.8) is 0 Å². The summed E-state index contributed by atoms with van der Waals surface area (Å²) in [6.45, 7) is 8.12. The zero-order valence-corrected chi connectivity index (χ0v) is 11.0. The Balaban J connectivity index is 4.79. The van der Waals surface area contributed by atoms with Crippen molar-refractivity contribution >= 4 is 11.9 Å². The molecule has 0 fully saturated rings. The SMILES string of the molecule is CCCN(CC(C)C(=O)O)C(C(=O)O)C(C)C. The molecule has 0 saturated carbocycles. The summed E-state index contributed by atoms with van der Waals surface area (Å²) in [5, 5.41) is 18.1. The van der Waals surface area contributed by atoms with Gasteiger partial charge in [-0.1, -0.05) is 27.7 Å². The number of carbonyl (C=O) groups is 2. The zero-order valence-electron chi connectivity index (χ0n) is 11.0. The fraction of sp³-hybridized carbons (Fsp3) is 0.833. The molecule has 0 aliphatic rings. The van der Waals surface area contributed by atoms with E-state index in [1.165, 1.54) is 0 Å². The molecule has 0 spiro atoms. The van der Waals surface area contributed by atoms with Gasteiger partial charge in [-0.3, -0.25) is 14.5 Å². The Morgan fingerprint density at radius 1 is 1.12 bits per heavy atom. The predicted octanol–water partition coefficient (Wildman–Crippen LogP) is 1.53. The Kier molecular flexibility index (Phi) is 6.80. The van der Waals surface area contributed by atoms with Gasteiger partial charge >= 0.3 is 11.9 Å². The number of nitrogens with zero attached hydrogens (tertiary/aromatic N) is 1. The molecular formula is C12H23NO4. The van der Waals surface area contributed by atoms with Crippen molar-refractivity contribution in [2.75, 3.05) is 13.1 Å². The summed E-state index contributed by atoms with van der Waals surface area (Å²) in [6.07, 6.45) is 0.808. The molecule has 2 unspecified atom stereocenters. The van der Waals surface area contributed by atoms with Crippen LogP contribution in [0.2, 0.25) is 0 Å². The normalized spacial score (nSPS) is 14.9. The average Bonchev–Trinajstić information content (AvgIpc) is 2.16. The maximum absolute atomic E-state index is 11.2. The standard InChI is InChI=1S/C12H23NO4/c1-5-6-13(7-9(4)11(14)15)10(8(2)3)12(16)17/h8-10H,5-7H2,1-4H3,(H,14,15)(H,16,17). The maximum atomic E-state index is 11.2. The Bertz CT molecular complexity index is 265. The molecule has 0 aliphatic heterocycles. The van der Waals surface area contributed by atoms with Gasteiger partial charge < -0.3 is 10.2 Å². The smallest absolute Gasteiger partial charge is 0.321 e. The summed E-state index contributed by atoms with van der Waals surface area (Å²) >= 11 is 0. The molecule has 2 N–H and O–H groups in total. The Morgan fingerprint density at radius 2 is 1.65 bits per heavy atom. The largest absolute Gasteiger partial charge is 0.481 e. The first-order valence-electron chi connectivity index (χ1n) is 6.00. The van der Waals surface area contributed by atoms with Crippen LogP contribution < -0.4 is 0 Å². The third-order valence-corrected chi connectivity index (χ3v) is 2.72. The van der Waals surface area contributed by atoms with Crippen molar-refractivity contribution in [3.05, 3.63) is 0 Å². The number of carboxylic acids is 2. The summed E-state index contributed by atoms with van der Waals surface area (Å²) in [6, 6.07) is -0.614. The second kappa shape index (κ2) is 7.27. The summed E-state index contributed by atoms with van der Waals surface area (Å²) in [7, 11) is 0. The topological polar surface area (TPSA) is 77.8 Å². The molecule has 0 radical (unpaired) electrons. The van der Waals surface area contributed by atoms with Crippen LogP contribution in [0, 0.1) is 11.8 Å². The van der Waals surface area contributed by atoms with Gasteiger partial charge in [0.1, 0.15) is 6.04 Å². The lowest BCUT2D eigenvalue weighted by Crippen LogP contribution is -2.47. The van der Waals surface area contributed by atoms with Crippen LogP contribution in [0.5, 0.6) is 0 Å². The molecule has 0 rings (SSSR count). The minimum Gasteiger partial charge on any atom is -0.481 e. The number of hydrogen-bond acceptors (Lipinski definition) is 3. The van der Waals surface area contributed by atoms with Gasteiger partial charge in [-0.25, -0.2) is 0 Å². The molecule has 0 aromatic heterocycles. The highest BCUT2D eigenvalue weighted by Gasteiger charge is 2.30. The lowest BCUT2D eigenvalue weighted by atomic mass is 10.0. The van der Waals surface area contributed by atoms with E-state index in [9.17, 15) is 14.7 Å². The van der Waals surface area contributed by atoms with Crippen molar-refractivity contribution in [2.24, 2.45) is 11.8 Å². The second-order valence-electron chi connectivity index (χ2n) is 4.76. The van der Waals surface area contributed by atoms with Crippen LogP contribution in [0.3, 0.4) is 0 Å². The second-order valence-corrected chi connectivity index (χ2v) is 4.76. The molecule has 2 atom stereocenters. The Labute approximate surface area is 102 Å². The molecular weight excluding hydrogens is 222 g/mol. The van der Waals surface area contributed by atoms with Gasteiger partial charge in [0.2, 0.25) is 0 Å². The van der Waals surface area contributed by atoms with Crippen LogP contribution in [0.15, 0.2) is 0 Å². The number of carboxylic acid groups (broad SMARTS) is 2. The number of hydrogen-bond donors (Lipinski definition) is 2. The third-order valence-electron chi connectivity index (χ3n) is 2.72. The van der Waals surface area contributed by atoms with Gasteiger partial charge in [-0.2, -0.15) is 0 Å². The highest BCUT2D eigenvalue weighted by Crippen LogP contribution is 2.14. The molecule has 100 valence electrons. The monoisotopic (exact) mass is 245 g/mol. The van der Waals surface area contributed by atoms with Crippen molar-refractivity contribution in [2.45, 2.75) is 40.2 Å². The molecule has 5 heteroatoms. The lowest BCUT2D eigenvalue weighted by Gasteiger charge is -2.32. The van der Waals surface area contributed by atoms with Gasteiger partial charge in [0.15, 0.2) is 0 Å². The lowest BCUT2D eigenvalue weighted by molar-refractivity contribution is -0.148. The molecule has 0 amide bonds. The molecule has 17 heavy (non-hydrogen) atoms. The first kappa shape index (κ1) is 15.9. The van der Waals surface area contributed by atoms with E-state index in [1.807, 2.05) is 20.8 Å². The van der Waals surface area contributed by atoms with Crippen LogP contribution >= 0.6 is 0 Å². The van der Waals surface area contributed by atoms with E-state index in [0.29, 0.717) is 6.54 Å². The van der Waals surface area contributed by atoms with E-state index >= 15 is 0 Å². The van der Waals surface area contributed by atoms with Gasteiger partial charge in [-0.05, 0) is 18.9 Å². The molecule has 0 aliphatic carbocycles. The third kappa shape index (κ3) is 5.17. The highest BCUT2D eigenvalue weighted by molar-refractivity contribution is 5.74. The van der Waals surface area contributed by atoms with Crippen molar-refractivity contribution in [3.8, 4) is 0 Å². The number of rotatable bonds is 8. The van der Waals surface area contributed by atoms with Gasteiger partial charge in [0.25, 0.3) is 0 Å². The van der Waals surface area contributed by atoms with E-state index in [1.54, 1.807) is 11.8 Å². The molecule has 5 nitrogen and oxygen atoms in total. The Hall–Kier alpha value is -1.10. The van der Waals surface area contributed by atoms with Crippen molar-refractivity contribution < 1.29 is 19.8 Å². The van der Waals surface area contributed by atoms with Crippen LogP contribution in [0.1, 0.15) is 34.1 Å². The summed E-state index contributed by atoms with van der Waals surface area (Å²) in [5.41, 5.74) is 0. The zero-order chi connectivity index (χ0) is 13.6. The molecule has 0 aromatic rings. The fourth-order valence-corrected chi connectivity index (χ4v) is 1.92. The van der Waals surface area contributed by atoms with Crippen molar-refractivity contribution in [1.29, 1.82) is 0 Å². The average molecular weight is 245 g/mol. The first-order valence-corrected chi connectivity index (χ1v) is 6.00. The van der Waals surface area contributed by atoms with Crippen LogP contribution in [0.25, 0.3) is 0 Å². The minimum absolute atomic E-state index is 0.0416. The van der Waals surface area contributed by atoms with E-state index in [2.05, 4.69) is 0 Å². The molecule has 0 bridgehead atoms. The molecule has 0 aromatic carbocycles. The van der Waals surface area contributed by atoms with Gasteiger partial charge in [0, 0.05) is 6.54 Å². The number of aliphatic carboxylic acids is 2. The van der Waals surface area contributed by atoms with Gasteiger partial charge in [-0.15, -0.1) is 0 Å². The quantitative estimate of drug-likeness (QED) is 0.678. The van der Waals surface area contributed by atoms with Gasteiger partial charge in [0.05, 0.1) is 5.92 Å².